The molecule has 3 aromatic rings. The Morgan fingerprint density at radius 2 is 0.929 bits per heavy atom. The SMILES string of the molecule is O=S(=O)([O-])c1ccc2c3ccccc3[s+](C(F)(F)C(F)(F)C(F)(F)C(F)(F)C(F)(F)C(F)(F)C(F)(F)C(F)(F)F)c2c1. The van der Waals surface area contributed by atoms with Crippen LogP contribution in [-0.4, -0.2) is 54.7 Å². The van der Waals surface area contributed by atoms with Gasteiger partial charge in [0.2, 0.25) is 0 Å². The zero-order valence-corrected chi connectivity index (χ0v) is 20.6. The third-order valence-electron chi connectivity index (χ3n) is 5.81. The Balaban J connectivity index is 2.35. The summed E-state index contributed by atoms with van der Waals surface area (Å²) in [5.41, 5.74) is 0. The van der Waals surface area contributed by atoms with Crippen LogP contribution in [0, 0.1) is 0 Å². The molecule has 0 aliphatic carbocycles. The van der Waals surface area contributed by atoms with Gasteiger partial charge in [-0.3, -0.25) is 0 Å². The molecule has 1 heterocycles. The molecule has 0 aliphatic rings. The van der Waals surface area contributed by atoms with E-state index in [1.807, 2.05) is 0 Å². The van der Waals surface area contributed by atoms with Crippen molar-refractivity contribution in [1.29, 1.82) is 0 Å². The Hall–Kier alpha value is -2.62. The summed E-state index contributed by atoms with van der Waals surface area (Å²) in [5.74, 6) is -50.9. The highest BCUT2D eigenvalue weighted by Gasteiger charge is 2.96. The quantitative estimate of drug-likeness (QED) is 0.136. The Morgan fingerprint density at radius 3 is 1.38 bits per heavy atom. The van der Waals surface area contributed by atoms with E-state index in [2.05, 4.69) is 0 Å². The third kappa shape index (κ3) is 4.21. The van der Waals surface area contributed by atoms with Crippen molar-refractivity contribution in [3.05, 3.63) is 42.5 Å². The first kappa shape index (κ1) is 33.9. The van der Waals surface area contributed by atoms with Crippen molar-refractivity contribution in [1.82, 2.24) is 0 Å². The largest absolute Gasteiger partial charge is 0.744 e. The average molecular weight is 682 g/mol. The Bertz CT molecular complexity index is 1640. The number of fused-ring (bicyclic) bond motifs is 3. The van der Waals surface area contributed by atoms with E-state index < -0.39 is 92.6 Å². The van der Waals surface area contributed by atoms with Crippen LogP contribution in [0.5, 0.6) is 0 Å². The maximum Gasteiger partial charge on any atom is 0.503 e. The second-order valence-corrected chi connectivity index (χ2v) is 11.8. The summed E-state index contributed by atoms with van der Waals surface area (Å²) in [6.07, 6.45) is -7.87. The number of thiophene rings is 1. The normalized spacial score (nSPS) is 16.0. The van der Waals surface area contributed by atoms with E-state index in [-0.39, 0.29) is 6.07 Å². The number of hydrogen-bond acceptors (Lipinski definition) is 3. The summed E-state index contributed by atoms with van der Waals surface area (Å²) in [6.45, 7) is 0. The number of rotatable bonds is 8. The molecule has 236 valence electrons. The zero-order chi connectivity index (χ0) is 32.9. The molecule has 0 saturated heterocycles. The predicted molar refractivity (Wildman–Crippen MR) is 108 cm³/mol. The average Bonchev–Trinajstić information content (AvgIpc) is 3.16. The van der Waals surface area contributed by atoms with E-state index in [4.69, 9.17) is 0 Å². The predicted octanol–water partition coefficient (Wildman–Crippen LogP) is 8.57. The number of hydrogen-bond donors (Lipinski definition) is 0. The van der Waals surface area contributed by atoms with E-state index in [9.17, 15) is 78.8 Å². The highest BCUT2D eigenvalue weighted by atomic mass is 32.2. The molecule has 0 bridgehead atoms. The highest BCUT2D eigenvalue weighted by molar-refractivity contribution is 7.85. The van der Waals surface area contributed by atoms with Crippen LogP contribution < -0.4 is 0 Å². The van der Waals surface area contributed by atoms with Crippen LogP contribution in [0.4, 0.5) is 74.6 Å². The molecule has 0 aliphatic heterocycles. The van der Waals surface area contributed by atoms with Crippen molar-refractivity contribution in [2.75, 3.05) is 0 Å². The molecular weight excluding hydrogens is 675 g/mol. The molecule has 1 unspecified atom stereocenters. The van der Waals surface area contributed by atoms with Crippen LogP contribution in [0.3, 0.4) is 0 Å². The molecule has 3 nitrogen and oxygen atoms in total. The van der Waals surface area contributed by atoms with Gasteiger partial charge in [-0.2, -0.15) is 65.9 Å². The van der Waals surface area contributed by atoms with Crippen LogP contribution in [0.25, 0.3) is 20.2 Å². The zero-order valence-electron chi connectivity index (χ0n) is 19.0. The van der Waals surface area contributed by atoms with E-state index in [0.717, 1.165) is 18.2 Å². The van der Waals surface area contributed by atoms with Crippen molar-refractivity contribution >= 4 is 40.8 Å². The van der Waals surface area contributed by atoms with E-state index in [0.29, 0.717) is 18.2 Å². The van der Waals surface area contributed by atoms with Gasteiger partial charge in [-0.05, 0) is 24.3 Å². The van der Waals surface area contributed by atoms with Crippen LogP contribution in [-0.2, 0) is 15.4 Å². The van der Waals surface area contributed by atoms with Gasteiger partial charge in [-0.25, -0.2) is 8.42 Å². The highest BCUT2D eigenvalue weighted by Crippen LogP contribution is 2.68. The molecular formula is C20H7F17O3S2. The molecule has 0 fully saturated rings. The fourth-order valence-corrected chi connectivity index (χ4v) is 6.59. The summed E-state index contributed by atoms with van der Waals surface area (Å²) < 4.78 is 266. The Labute approximate surface area is 223 Å². The maximum atomic E-state index is 15.3. The monoisotopic (exact) mass is 682 g/mol. The topological polar surface area (TPSA) is 57.2 Å². The van der Waals surface area contributed by atoms with Crippen molar-refractivity contribution in [3.8, 4) is 0 Å². The van der Waals surface area contributed by atoms with Crippen LogP contribution in [0.1, 0.15) is 0 Å². The first-order valence-corrected chi connectivity index (χ1v) is 12.7. The van der Waals surface area contributed by atoms with Crippen molar-refractivity contribution in [3.63, 3.8) is 0 Å². The second kappa shape index (κ2) is 9.19. The molecule has 3 rings (SSSR count). The summed E-state index contributed by atoms with van der Waals surface area (Å²) in [5, 5.41) is -8.14. The van der Waals surface area contributed by atoms with Crippen LogP contribution in [0.2, 0.25) is 0 Å². The van der Waals surface area contributed by atoms with Crippen LogP contribution >= 0.6 is 10.5 Å². The third-order valence-corrected chi connectivity index (χ3v) is 8.98. The van der Waals surface area contributed by atoms with Crippen molar-refractivity contribution in [2.24, 2.45) is 0 Å². The van der Waals surface area contributed by atoms with Gasteiger partial charge in [0.1, 0.15) is 10.1 Å². The maximum absolute atomic E-state index is 15.3. The molecule has 1 aromatic heterocycles. The summed E-state index contributed by atoms with van der Waals surface area (Å²) in [6, 6.07) is 3.88. The van der Waals surface area contributed by atoms with E-state index >= 15 is 8.78 Å². The fourth-order valence-electron chi connectivity index (χ4n) is 3.59. The summed E-state index contributed by atoms with van der Waals surface area (Å²) in [4.78, 5) is -1.47. The molecule has 0 spiro atoms. The number of halogens is 17. The Morgan fingerprint density at radius 1 is 0.524 bits per heavy atom. The van der Waals surface area contributed by atoms with Gasteiger partial charge in [0.25, 0.3) is 0 Å². The van der Waals surface area contributed by atoms with Gasteiger partial charge in [0.05, 0.1) is 15.4 Å². The molecule has 2 aromatic carbocycles. The fraction of sp³-hybridized carbons (Fsp3) is 0.400. The second-order valence-electron chi connectivity index (χ2n) is 8.38. The van der Waals surface area contributed by atoms with Crippen LogP contribution in [0.15, 0.2) is 47.4 Å². The smallest absolute Gasteiger partial charge is 0.503 e. The van der Waals surface area contributed by atoms with Gasteiger partial charge in [-0.15, -0.1) is 8.78 Å². The van der Waals surface area contributed by atoms with Gasteiger partial charge >= 0.3 is 47.0 Å². The number of benzene rings is 2. The van der Waals surface area contributed by atoms with Gasteiger partial charge in [0, 0.05) is 16.8 Å². The Kier molecular flexibility index (Phi) is 7.41. The molecule has 0 saturated carbocycles. The van der Waals surface area contributed by atoms with Gasteiger partial charge in [-0.1, -0.05) is 12.1 Å². The minimum atomic E-state index is -8.78. The number of alkyl halides is 17. The summed E-state index contributed by atoms with van der Waals surface area (Å²) in [7, 11) is -9.74. The molecule has 0 N–H and O–H groups in total. The summed E-state index contributed by atoms with van der Waals surface area (Å²) >= 11 is 0. The molecule has 0 radical (unpaired) electrons. The lowest BCUT2D eigenvalue weighted by atomic mass is 9.91. The minimum absolute atomic E-state index is 0.0757. The lowest BCUT2D eigenvalue weighted by Gasteiger charge is -2.41. The first-order chi connectivity index (χ1) is 18.4. The van der Waals surface area contributed by atoms with Crippen molar-refractivity contribution in [2.45, 2.75) is 51.9 Å². The lowest BCUT2D eigenvalue weighted by molar-refractivity contribution is -0.460. The first-order valence-electron chi connectivity index (χ1n) is 10.1. The van der Waals surface area contributed by atoms with E-state index in [1.54, 1.807) is 0 Å². The molecule has 42 heavy (non-hydrogen) atoms. The van der Waals surface area contributed by atoms with Crippen molar-refractivity contribution < 1.29 is 87.6 Å². The lowest BCUT2D eigenvalue weighted by Crippen LogP contribution is -2.73. The molecule has 1 atom stereocenters. The molecule has 0 amide bonds. The van der Waals surface area contributed by atoms with E-state index in [1.165, 1.54) is 0 Å². The minimum Gasteiger partial charge on any atom is -0.744 e. The standard InChI is InChI=1S/C20H7F17O3S2/c21-13(22,15(25,26)17(29,30)19(33,34)35)14(23,24)16(27,28)18(31,32)20(36,37)41-11-4-2-1-3-9(11)10-6-5-8(7-12(10)41)42(38,39)40/h1-7H. The molecule has 22 heteroatoms. The van der Waals surface area contributed by atoms with Gasteiger partial charge in [0.15, 0.2) is 9.40 Å². The van der Waals surface area contributed by atoms with Gasteiger partial charge < -0.3 is 4.55 Å².